The molecule has 6 heteroatoms. The summed E-state index contributed by atoms with van der Waals surface area (Å²) in [6.07, 6.45) is 2.00. The predicted molar refractivity (Wildman–Crippen MR) is 92.4 cm³/mol. The summed E-state index contributed by atoms with van der Waals surface area (Å²) in [7, 11) is 0. The number of benzene rings is 2. The molecule has 0 aliphatic heterocycles. The van der Waals surface area contributed by atoms with E-state index in [1.165, 1.54) is 0 Å². The van der Waals surface area contributed by atoms with Crippen molar-refractivity contribution in [1.29, 1.82) is 0 Å². The number of nitrogens with two attached hydrogens (primary N) is 1. The lowest BCUT2D eigenvalue weighted by molar-refractivity contribution is 0.102. The number of carbonyl (C=O) groups is 1. The maximum absolute atomic E-state index is 12.2. The molecule has 104 valence electrons. The zero-order valence-electron chi connectivity index (χ0n) is 10.6. The van der Waals surface area contributed by atoms with Gasteiger partial charge in [0.25, 0.3) is 5.91 Å². The van der Waals surface area contributed by atoms with Crippen LogP contribution in [0.25, 0.3) is 0 Å². The van der Waals surface area contributed by atoms with Crippen LogP contribution in [-0.4, -0.2) is 12.2 Å². The lowest BCUT2D eigenvalue weighted by Crippen LogP contribution is -2.12. The number of nitrogens with one attached hydrogen (secondary N) is 1. The van der Waals surface area contributed by atoms with Gasteiger partial charge in [0.05, 0.1) is 5.69 Å². The van der Waals surface area contributed by atoms with Crippen LogP contribution in [0.5, 0.6) is 0 Å². The lowest BCUT2D eigenvalue weighted by Gasteiger charge is -2.11. The van der Waals surface area contributed by atoms with Crippen molar-refractivity contribution in [3.05, 3.63) is 50.9 Å². The summed E-state index contributed by atoms with van der Waals surface area (Å²) in [5.41, 5.74) is 7.62. The highest BCUT2D eigenvalue weighted by molar-refractivity contribution is 9.11. The van der Waals surface area contributed by atoms with Gasteiger partial charge >= 0.3 is 0 Å². The Hall–Kier alpha value is -0.980. The fraction of sp³-hybridized carbons (Fsp3) is 0.0714. The number of anilines is 2. The first-order valence-corrected chi connectivity index (χ1v) is 8.52. The van der Waals surface area contributed by atoms with Crippen molar-refractivity contribution in [2.75, 3.05) is 17.3 Å². The number of nitrogen functional groups attached to an aromatic ring is 1. The highest BCUT2D eigenvalue weighted by atomic mass is 79.9. The van der Waals surface area contributed by atoms with E-state index in [0.29, 0.717) is 16.9 Å². The first-order chi connectivity index (χ1) is 9.51. The normalized spacial score (nSPS) is 10.3. The zero-order chi connectivity index (χ0) is 14.7. The molecule has 0 saturated carbocycles. The average Bonchev–Trinajstić information content (AvgIpc) is 2.42. The minimum absolute atomic E-state index is 0.163. The van der Waals surface area contributed by atoms with Gasteiger partial charge in [0.1, 0.15) is 0 Å². The number of carbonyl (C=O) groups excluding carboxylic acids is 1. The molecular weight excluding hydrogens is 404 g/mol. The van der Waals surface area contributed by atoms with E-state index in [1.54, 1.807) is 36.0 Å². The molecule has 3 N–H and O–H groups in total. The third-order valence-electron chi connectivity index (χ3n) is 2.66. The van der Waals surface area contributed by atoms with Crippen LogP contribution in [0, 0.1) is 0 Å². The molecule has 0 bridgehead atoms. The summed E-state index contributed by atoms with van der Waals surface area (Å²) in [6, 6.07) is 11.0. The van der Waals surface area contributed by atoms with Crippen LogP contribution in [0.1, 0.15) is 10.4 Å². The summed E-state index contributed by atoms with van der Waals surface area (Å²) >= 11 is 8.43. The van der Waals surface area contributed by atoms with E-state index < -0.39 is 0 Å². The molecule has 0 saturated heterocycles. The second-order valence-corrected chi connectivity index (χ2v) is 6.63. The number of halogens is 2. The van der Waals surface area contributed by atoms with E-state index in [2.05, 4.69) is 37.2 Å². The van der Waals surface area contributed by atoms with E-state index in [9.17, 15) is 4.79 Å². The van der Waals surface area contributed by atoms with Crippen molar-refractivity contribution in [2.45, 2.75) is 4.90 Å². The molecule has 0 heterocycles. The smallest absolute Gasteiger partial charge is 0.255 e. The monoisotopic (exact) mass is 414 g/mol. The van der Waals surface area contributed by atoms with Crippen LogP contribution < -0.4 is 11.1 Å². The number of thioether (sulfide) groups is 1. The fourth-order valence-electron chi connectivity index (χ4n) is 1.64. The number of amides is 1. The van der Waals surface area contributed by atoms with Crippen molar-refractivity contribution >= 4 is 60.9 Å². The van der Waals surface area contributed by atoms with Gasteiger partial charge in [0.2, 0.25) is 0 Å². The lowest BCUT2D eigenvalue weighted by atomic mass is 10.2. The zero-order valence-corrected chi connectivity index (χ0v) is 14.6. The Balaban J connectivity index is 2.23. The topological polar surface area (TPSA) is 55.1 Å². The first-order valence-electron chi connectivity index (χ1n) is 5.71. The molecule has 0 radical (unpaired) electrons. The molecular formula is C14H12Br2N2OS. The molecule has 1 amide bonds. The maximum Gasteiger partial charge on any atom is 0.255 e. The van der Waals surface area contributed by atoms with Gasteiger partial charge in [0, 0.05) is 25.1 Å². The van der Waals surface area contributed by atoms with Crippen LogP contribution in [0.3, 0.4) is 0 Å². The van der Waals surface area contributed by atoms with E-state index in [0.717, 1.165) is 13.8 Å². The van der Waals surface area contributed by atoms with Crippen LogP contribution in [0.4, 0.5) is 11.4 Å². The molecule has 0 atom stereocenters. The molecule has 2 aromatic rings. The molecule has 0 fully saturated rings. The van der Waals surface area contributed by atoms with Gasteiger partial charge in [-0.2, -0.15) is 0 Å². The average molecular weight is 416 g/mol. The Morgan fingerprint density at radius 2 is 1.70 bits per heavy atom. The molecule has 2 rings (SSSR count). The minimum atomic E-state index is -0.163. The van der Waals surface area contributed by atoms with Crippen molar-refractivity contribution in [2.24, 2.45) is 0 Å². The Labute approximate surface area is 138 Å². The van der Waals surface area contributed by atoms with Crippen molar-refractivity contribution < 1.29 is 4.79 Å². The van der Waals surface area contributed by atoms with E-state index in [1.807, 2.05) is 18.4 Å². The van der Waals surface area contributed by atoms with Crippen LogP contribution in [0.2, 0.25) is 0 Å². The van der Waals surface area contributed by atoms with E-state index in [-0.39, 0.29) is 5.91 Å². The van der Waals surface area contributed by atoms with Crippen LogP contribution in [-0.2, 0) is 0 Å². The third-order valence-corrected chi connectivity index (χ3v) is 4.65. The number of hydrogen-bond acceptors (Lipinski definition) is 3. The number of rotatable bonds is 3. The Kier molecular flexibility index (Phi) is 5.12. The second kappa shape index (κ2) is 6.65. The van der Waals surface area contributed by atoms with E-state index >= 15 is 0 Å². The molecule has 0 aromatic heterocycles. The SMILES string of the molecule is CSc1ccc(C(=O)Nc2c(Br)cc(N)cc2Br)cc1. The Bertz CT molecular complexity index is 621. The van der Waals surface area contributed by atoms with Crippen molar-refractivity contribution in [3.63, 3.8) is 0 Å². The van der Waals surface area contributed by atoms with Gasteiger partial charge < -0.3 is 11.1 Å². The molecule has 3 nitrogen and oxygen atoms in total. The third kappa shape index (κ3) is 3.56. The van der Waals surface area contributed by atoms with Crippen LogP contribution in [0.15, 0.2) is 50.2 Å². The summed E-state index contributed by atoms with van der Waals surface area (Å²) in [5.74, 6) is -0.163. The molecule has 20 heavy (non-hydrogen) atoms. The van der Waals surface area contributed by atoms with Gasteiger partial charge in [0.15, 0.2) is 0 Å². The largest absolute Gasteiger partial charge is 0.399 e. The predicted octanol–water partition coefficient (Wildman–Crippen LogP) is 4.77. The van der Waals surface area contributed by atoms with Crippen molar-refractivity contribution in [3.8, 4) is 0 Å². The maximum atomic E-state index is 12.2. The van der Waals surface area contributed by atoms with Gasteiger partial charge in [-0.3, -0.25) is 4.79 Å². The molecule has 0 aliphatic carbocycles. The summed E-state index contributed by atoms with van der Waals surface area (Å²) in [5, 5.41) is 2.86. The molecule has 0 unspecified atom stereocenters. The second-order valence-electron chi connectivity index (χ2n) is 4.04. The quantitative estimate of drug-likeness (QED) is 0.560. The van der Waals surface area contributed by atoms with Gasteiger partial charge in [-0.15, -0.1) is 11.8 Å². The Morgan fingerprint density at radius 3 is 2.20 bits per heavy atom. The van der Waals surface area contributed by atoms with Crippen LogP contribution >= 0.6 is 43.6 Å². The van der Waals surface area contributed by atoms with Gasteiger partial charge in [-0.25, -0.2) is 0 Å². The summed E-state index contributed by atoms with van der Waals surface area (Å²) < 4.78 is 1.47. The van der Waals surface area contributed by atoms with Crippen molar-refractivity contribution in [1.82, 2.24) is 0 Å². The standard InChI is InChI=1S/C14H12Br2N2OS/c1-20-10-4-2-8(3-5-10)14(19)18-13-11(15)6-9(17)7-12(13)16/h2-7H,17H2,1H3,(H,18,19). The highest BCUT2D eigenvalue weighted by Gasteiger charge is 2.12. The molecule has 2 aromatic carbocycles. The summed E-state index contributed by atoms with van der Waals surface area (Å²) in [4.78, 5) is 13.3. The first kappa shape index (κ1) is 15.4. The molecule has 0 spiro atoms. The minimum Gasteiger partial charge on any atom is -0.399 e. The van der Waals surface area contributed by atoms with E-state index in [4.69, 9.17) is 5.73 Å². The summed E-state index contributed by atoms with van der Waals surface area (Å²) in [6.45, 7) is 0. The Morgan fingerprint density at radius 1 is 1.15 bits per heavy atom. The molecule has 0 aliphatic rings. The number of hydrogen-bond donors (Lipinski definition) is 2. The highest BCUT2D eigenvalue weighted by Crippen LogP contribution is 2.33. The fourth-order valence-corrected chi connectivity index (χ4v) is 3.47. The van der Waals surface area contributed by atoms with Gasteiger partial charge in [-0.05, 0) is 74.5 Å². The van der Waals surface area contributed by atoms with Gasteiger partial charge in [-0.1, -0.05) is 0 Å².